The normalized spacial score (nSPS) is 18.9. The quantitative estimate of drug-likeness (QED) is 0.808. The van der Waals surface area contributed by atoms with E-state index in [9.17, 15) is 8.42 Å². The smallest absolute Gasteiger partial charge is 0.252 e. The highest BCUT2D eigenvalue weighted by Crippen LogP contribution is 2.29. The molecule has 2 heterocycles. The van der Waals surface area contributed by atoms with Gasteiger partial charge in [0.2, 0.25) is 0 Å². The highest BCUT2D eigenvalue weighted by molar-refractivity contribution is 9.11. The summed E-state index contributed by atoms with van der Waals surface area (Å²) >= 11 is 4.51. The zero-order valence-corrected chi connectivity index (χ0v) is 14.6. The summed E-state index contributed by atoms with van der Waals surface area (Å²) in [5, 5.41) is 9.13. The number of halogens is 1. The maximum atomic E-state index is 12.5. The van der Waals surface area contributed by atoms with Crippen LogP contribution in [0.2, 0.25) is 0 Å². The summed E-state index contributed by atoms with van der Waals surface area (Å²) in [5.41, 5.74) is -0.554. The fourth-order valence-electron chi connectivity index (χ4n) is 2.12. The third-order valence-electron chi connectivity index (χ3n) is 3.45. The molecule has 2 rings (SSSR count). The molecule has 0 radical (unpaired) electrons. The van der Waals surface area contributed by atoms with Gasteiger partial charge in [0, 0.05) is 26.2 Å². The van der Waals surface area contributed by atoms with E-state index in [4.69, 9.17) is 5.26 Å². The Balaban J connectivity index is 2.10. The zero-order chi connectivity index (χ0) is 15.0. The highest BCUT2D eigenvalue weighted by atomic mass is 79.9. The first-order chi connectivity index (χ1) is 9.27. The van der Waals surface area contributed by atoms with Gasteiger partial charge in [-0.05, 0) is 41.9 Å². The molecule has 5 nitrogen and oxygen atoms in total. The Morgan fingerprint density at radius 3 is 2.35 bits per heavy atom. The van der Waals surface area contributed by atoms with E-state index in [2.05, 4.69) is 22.0 Å². The first-order valence-corrected chi connectivity index (χ1v) is 9.24. The van der Waals surface area contributed by atoms with Crippen LogP contribution in [-0.4, -0.2) is 49.3 Å². The van der Waals surface area contributed by atoms with Crippen molar-refractivity contribution in [3.63, 3.8) is 0 Å². The summed E-state index contributed by atoms with van der Waals surface area (Å²) in [6.07, 6.45) is 0. The number of thiophene rings is 1. The molecule has 1 fully saturated rings. The van der Waals surface area contributed by atoms with Gasteiger partial charge >= 0.3 is 0 Å². The van der Waals surface area contributed by atoms with Crippen molar-refractivity contribution in [2.45, 2.75) is 23.6 Å². The molecule has 0 spiro atoms. The topological polar surface area (TPSA) is 64.4 Å². The van der Waals surface area contributed by atoms with Gasteiger partial charge in [0.25, 0.3) is 10.0 Å². The zero-order valence-electron chi connectivity index (χ0n) is 11.3. The van der Waals surface area contributed by atoms with E-state index in [-0.39, 0.29) is 0 Å². The Morgan fingerprint density at radius 1 is 1.30 bits per heavy atom. The summed E-state index contributed by atoms with van der Waals surface area (Å²) in [4.78, 5) is 2.02. The summed E-state index contributed by atoms with van der Waals surface area (Å²) in [6, 6.07) is 5.62. The van der Waals surface area contributed by atoms with Crippen molar-refractivity contribution in [2.75, 3.05) is 26.2 Å². The molecule has 1 aliphatic rings. The number of piperazine rings is 1. The molecule has 0 bridgehead atoms. The lowest BCUT2D eigenvalue weighted by molar-refractivity contribution is 0.115. The van der Waals surface area contributed by atoms with Crippen molar-refractivity contribution in [2.24, 2.45) is 0 Å². The lowest BCUT2D eigenvalue weighted by Gasteiger charge is -2.39. The Morgan fingerprint density at radius 2 is 1.90 bits per heavy atom. The number of rotatable bonds is 3. The van der Waals surface area contributed by atoms with E-state index in [1.165, 1.54) is 15.6 Å². The van der Waals surface area contributed by atoms with E-state index >= 15 is 0 Å². The van der Waals surface area contributed by atoms with Gasteiger partial charge in [-0.1, -0.05) is 0 Å². The third kappa shape index (κ3) is 3.07. The van der Waals surface area contributed by atoms with Gasteiger partial charge < -0.3 is 0 Å². The monoisotopic (exact) mass is 377 g/mol. The molecule has 0 saturated carbocycles. The fourth-order valence-corrected chi connectivity index (χ4v) is 5.71. The van der Waals surface area contributed by atoms with Gasteiger partial charge in [-0.2, -0.15) is 9.57 Å². The van der Waals surface area contributed by atoms with Crippen LogP contribution >= 0.6 is 27.3 Å². The molecule has 1 aromatic heterocycles. The van der Waals surface area contributed by atoms with Crippen LogP contribution in [0.4, 0.5) is 0 Å². The van der Waals surface area contributed by atoms with Crippen LogP contribution in [0.15, 0.2) is 20.1 Å². The van der Waals surface area contributed by atoms with Crippen molar-refractivity contribution in [3.8, 4) is 6.07 Å². The Kier molecular flexibility index (Phi) is 4.56. The van der Waals surface area contributed by atoms with Gasteiger partial charge in [-0.15, -0.1) is 11.3 Å². The van der Waals surface area contributed by atoms with Crippen LogP contribution in [0.1, 0.15) is 13.8 Å². The minimum Gasteiger partial charge on any atom is -0.283 e. The maximum Gasteiger partial charge on any atom is 0.252 e. The van der Waals surface area contributed by atoms with Crippen LogP contribution in [0, 0.1) is 11.3 Å². The molecule has 20 heavy (non-hydrogen) atoms. The predicted molar refractivity (Wildman–Crippen MR) is 82.0 cm³/mol. The molecule has 8 heteroatoms. The fraction of sp³-hybridized carbons (Fsp3) is 0.583. The molecular weight excluding hydrogens is 362 g/mol. The van der Waals surface area contributed by atoms with Crippen molar-refractivity contribution in [3.05, 3.63) is 15.9 Å². The first kappa shape index (κ1) is 15.9. The molecule has 110 valence electrons. The van der Waals surface area contributed by atoms with Crippen LogP contribution in [0.5, 0.6) is 0 Å². The number of nitriles is 1. The summed E-state index contributed by atoms with van der Waals surface area (Å²) in [6.45, 7) is 5.70. The van der Waals surface area contributed by atoms with Crippen LogP contribution in [0.3, 0.4) is 0 Å². The standard InChI is InChI=1S/C12H16BrN3O2S2/c1-12(2,9-14)15-5-7-16(8-6-15)20(17,18)11-4-3-10(13)19-11/h3-4H,5-8H2,1-2H3. The molecule has 1 saturated heterocycles. The molecule has 1 aliphatic heterocycles. The average molecular weight is 378 g/mol. The van der Waals surface area contributed by atoms with Crippen LogP contribution < -0.4 is 0 Å². The van der Waals surface area contributed by atoms with Crippen molar-refractivity contribution in [1.29, 1.82) is 5.26 Å². The minimum absolute atomic E-state index is 0.359. The van der Waals surface area contributed by atoms with Gasteiger partial charge in [0.15, 0.2) is 0 Å². The molecule has 0 N–H and O–H groups in total. The molecule has 0 amide bonds. The summed E-state index contributed by atoms with van der Waals surface area (Å²) in [5.74, 6) is 0. The van der Waals surface area contributed by atoms with E-state index in [1.54, 1.807) is 12.1 Å². The summed E-state index contributed by atoms with van der Waals surface area (Å²) in [7, 11) is -3.40. The Bertz CT molecular complexity index is 625. The van der Waals surface area contributed by atoms with Crippen molar-refractivity contribution in [1.82, 2.24) is 9.21 Å². The average Bonchev–Trinajstić information content (AvgIpc) is 2.86. The van der Waals surface area contributed by atoms with E-state index < -0.39 is 15.6 Å². The molecule has 1 aromatic rings. The van der Waals surface area contributed by atoms with E-state index in [1.807, 2.05) is 18.7 Å². The van der Waals surface area contributed by atoms with Gasteiger partial charge in [-0.25, -0.2) is 8.42 Å². The molecule has 0 unspecified atom stereocenters. The van der Waals surface area contributed by atoms with Crippen molar-refractivity contribution < 1.29 is 8.42 Å². The van der Waals surface area contributed by atoms with E-state index in [0.717, 1.165) is 3.79 Å². The lowest BCUT2D eigenvalue weighted by atomic mass is 10.0. The lowest BCUT2D eigenvalue weighted by Crippen LogP contribution is -2.55. The maximum absolute atomic E-state index is 12.5. The van der Waals surface area contributed by atoms with Gasteiger partial charge in [0.1, 0.15) is 9.75 Å². The van der Waals surface area contributed by atoms with Crippen LogP contribution in [-0.2, 0) is 10.0 Å². The number of hydrogen-bond donors (Lipinski definition) is 0. The largest absolute Gasteiger partial charge is 0.283 e. The predicted octanol–water partition coefficient (Wildman–Crippen LogP) is 2.12. The summed E-state index contributed by atoms with van der Waals surface area (Å²) < 4.78 is 27.6. The molecule has 0 atom stereocenters. The SMILES string of the molecule is CC(C)(C#N)N1CCN(S(=O)(=O)c2ccc(Br)s2)CC1. The molecular formula is C12H16BrN3O2S2. The van der Waals surface area contributed by atoms with Gasteiger partial charge in [-0.3, -0.25) is 4.90 Å². The number of sulfonamides is 1. The Labute approximate surface area is 132 Å². The Hall–Kier alpha value is -0.460. The number of hydrogen-bond acceptors (Lipinski definition) is 5. The second-order valence-corrected chi connectivity index (χ2v) is 9.75. The second kappa shape index (κ2) is 5.73. The second-order valence-electron chi connectivity index (χ2n) is 5.12. The van der Waals surface area contributed by atoms with Crippen LogP contribution in [0.25, 0.3) is 0 Å². The van der Waals surface area contributed by atoms with Gasteiger partial charge in [0.05, 0.1) is 9.86 Å². The van der Waals surface area contributed by atoms with E-state index in [0.29, 0.717) is 30.4 Å². The molecule has 0 aromatic carbocycles. The highest BCUT2D eigenvalue weighted by Gasteiger charge is 2.34. The third-order valence-corrected chi connectivity index (χ3v) is 7.44. The molecule has 0 aliphatic carbocycles. The van der Waals surface area contributed by atoms with Crippen molar-refractivity contribution >= 4 is 37.3 Å². The first-order valence-electron chi connectivity index (χ1n) is 6.19. The minimum atomic E-state index is -3.40. The number of nitrogens with zero attached hydrogens (tertiary/aromatic N) is 3.